The van der Waals surface area contributed by atoms with E-state index in [4.69, 9.17) is 4.74 Å². The van der Waals surface area contributed by atoms with Crippen LogP contribution in [0.2, 0.25) is 0 Å². The summed E-state index contributed by atoms with van der Waals surface area (Å²) in [6.07, 6.45) is 0.701. The van der Waals surface area contributed by atoms with Crippen molar-refractivity contribution in [2.24, 2.45) is 0 Å². The van der Waals surface area contributed by atoms with Crippen molar-refractivity contribution in [3.63, 3.8) is 0 Å². The number of aromatic amines is 1. The maximum atomic E-state index is 11.9. The van der Waals surface area contributed by atoms with Gasteiger partial charge in [0, 0.05) is 29.1 Å². The van der Waals surface area contributed by atoms with Crippen LogP contribution in [0.15, 0.2) is 24.3 Å². The lowest BCUT2D eigenvalue weighted by molar-refractivity contribution is -0.147. The average Bonchev–Trinajstić information content (AvgIpc) is 2.81. The molecular weight excluding hydrogens is 240 g/mol. The van der Waals surface area contributed by atoms with E-state index in [1.165, 1.54) is 23.8 Å². The van der Waals surface area contributed by atoms with Crippen LogP contribution in [0.25, 0.3) is 10.9 Å². The lowest BCUT2D eigenvalue weighted by atomic mass is 9.93. The second-order valence-electron chi connectivity index (χ2n) is 5.15. The van der Waals surface area contributed by atoms with E-state index >= 15 is 0 Å². The van der Waals surface area contributed by atoms with E-state index < -0.39 is 0 Å². The maximum Gasteiger partial charge on any atom is 0.323 e. The fourth-order valence-electron chi connectivity index (χ4n) is 2.99. The Kier molecular flexibility index (Phi) is 2.82. The molecule has 0 aliphatic carbocycles. The molecule has 2 atom stereocenters. The molecule has 2 aromatic rings. The van der Waals surface area contributed by atoms with Gasteiger partial charge in [0.05, 0.1) is 7.11 Å². The molecular formula is C15H18N2O2. The van der Waals surface area contributed by atoms with Crippen LogP contribution >= 0.6 is 0 Å². The summed E-state index contributed by atoms with van der Waals surface area (Å²) in [7, 11) is 3.42. The highest BCUT2D eigenvalue weighted by Gasteiger charge is 2.36. The van der Waals surface area contributed by atoms with E-state index in [1.807, 2.05) is 19.2 Å². The van der Waals surface area contributed by atoms with E-state index in [0.29, 0.717) is 6.42 Å². The highest BCUT2D eigenvalue weighted by Crippen LogP contribution is 2.36. The summed E-state index contributed by atoms with van der Waals surface area (Å²) >= 11 is 0. The number of nitrogens with one attached hydrogen (secondary N) is 1. The highest BCUT2D eigenvalue weighted by molar-refractivity contribution is 5.87. The summed E-state index contributed by atoms with van der Waals surface area (Å²) in [5.41, 5.74) is 3.60. The minimum absolute atomic E-state index is 0.162. The predicted molar refractivity (Wildman–Crippen MR) is 74.0 cm³/mol. The van der Waals surface area contributed by atoms with Gasteiger partial charge in [-0.25, -0.2) is 0 Å². The van der Waals surface area contributed by atoms with Gasteiger partial charge in [0.2, 0.25) is 0 Å². The number of rotatable bonds is 1. The Morgan fingerprint density at radius 2 is 2.16 bits per heavy atom. The highest BCUT2D eigenvalue weighted by atomic mass is 16.5. The molecule has 0 saturated carbocycles. The number of methoxy groups -OCH3 is 1. The monoisotopic (exact) mass is 258 g/mol. The van der Waals surface area contributed by atoms with Crippen molar-refractivity contribution in [3.05, 3.63) is 35.5 Å². The summed E-state index contributed by atoms with van der Waals surface area (Å²) in [5.74, 6) is -0.162. The van der Waals surface area contributed by atoms with Gasteiger partial charge in [-0.3, -0.25) is 9.69 Å². The Morgan fingerprint density at radius 1 is 1.42 bits per heavy atom. The molecule has 0 spiro atoms. The van der Waals surface area contributed by atoms with Gasteiger partial charge in [-0.15, -0.1) is 0 Å². The Morgan fingerprint density at radius 3 is 2.89 bits per heavy atom. The van der Waals surface area contributed by atoms with Gasteiger partial charge in [0.15, 0.2) is 0 Å². The fourth-order valence-corrected chi connectivity index (χ4v) is 2.99. The zero-order chi connectivity index (χ0) is 13.6. The van der Waals surface area contributed by atoms with Crippen molar-refractivity contribution >= 4 is 16.9 Å². The van der Waals surface area contributed by atoms with Crippen LogP contribution in [0.5, 0.6) is 0 Å². The van der Waals surface area contributed by atoms with Crippen molar-refractivity contribution in [1.82, 2.24) is 9.88 Å². The maximum absolute atomic E-state index is 11.9. The second-order valence-corrected chi connectivity index (χ2v) is 5.15. The molecule has 1 unspecified atom stereocenters. The Labute approximate surface area is 112 Å². The molecule has 0 amide bonds. The molecule has 3 rings (SSSR count). The summed E-state index contributed by atoms with van der Waals surface area (Å²) in [6.45, 7) is 2.11. The number of carbonyl (C=O) groups is 1. The van der Waals surface area contributed by atoms with E-state index in [0.717, 1.165) is 5.52 Å². The normalized spacial score (nSPS) is 23.3. The molecule has 100 valence electrons. The third-order valence-corrected chi connectivity index (χ3v) is 4.24. The van der Waals surface area contributed by atoms with E-state index in [-0.39, 0.29) is 18.1 Å². The number of hydrogen-bond donors (Lipinski definition) is 1. The first-order valence-electron chi connectivity index (χ1n) is 6.52. The molecule has 4 heteroatoms. The molecule has 1 aliphatic rings. The van der Waals surface area contributed by atoms with Crippen LogP contribution in [0.4, 0.5) is 0 Å². The minimum Gasteiger partial charge on any atom is -0.468 e. The SMILES string of the molecule is COC(=O)[C@@H]1Cc2c([nH]c3ccccc23)C(C)N1C. The minimum atomic E-state index is -0.202. The first-order chi connectivity index (χ1) is 9.13. The molecule has 1 aromatic heterocycles. The first kappa shape index (κ1) is 12.2. The number of carbonyl (C=O) groups excluding carboxylic acids is 1. The number of para-hydroxylation sites is 1. The molecule has 1 aliphatic heterocycles. The van der Waals surface area contributed by atoms with Crippen molar-refractivity contribution in [1.29, 1.82) is 0 Å². The molecule has 1 aromatic carbocycles. The number of fused-ring (bicyclic) bond motifs is 3. The van der Waals surface area contributed by atoms with Gasteiger partial charge in [-0.05, 0) is 25.6 Å². The molecule has 2 heterocycles. The van der Waals surface area contributed by atoms with Gasteiger partial charge in [0.1, 0.15) is 6.04 Å². The van der Waals surface area contributed by atoms with Crippen LogP contribution in [0.3, 0.4) is 0 Å². The smallest absolute Gasteiger partial charge is 0.323 e. The number of hydrogen-bond acceptors (Lipinski definition) is 3. The Bertz CT molecular complexity index is 632. The van der Waals surface area contributed by atoms with Crippen molar-refractivity contribution in [3.8, 4) is 0 Å². The third-order valence-electron chi connectivity index (χ3n) is 4.24. The van der Waals surface area contributed by atoms with Crippen LogP contribution in [-0.2, 0) is 16.0 Å². The lowest BCUT2D eigenvalue weighted by Crippen LogP contribution is -2.45. The van der Waals surface area contributed by atoms with Crippen molar-refractivity contribution in [2.75, 3.05) is 14.2 Å². The standard InChI is InChI=1S/C15H18N2O2/c1-9-14-11(8-13(17(9)2)15(18)19-3)10-6-4-5-7-12(10)16-14/h4-7,9,13,16H,8H2,1-3H3/t9?,13-/m0/s1. The summed E-state index contributed by atoms with van der Waals surface area (Å²) < 4.78 is 4.92. The second kappa shape index (κ2) is 4.38. The molecule has 0 radical (unpaired) electrons. The quantitative estimate of drug-likeness (QED) is 0.798. The van der Waals surface area contributed by atoms with Crippen LogP contribution in [0.1, 0.15) is 24.2 Å². The summed E-state index contributed by atoms with van der Waals surface area (Å²) in [4.78, 5) is 17.5. The first-order valence-corrected chi connectivity index (χ1v) is 6.52. The third kappa shape index (κ3) is 1.75. The average molecular weight is 258 g/mol. The van der Waals surface area contributed by atoms with Gasteiger partial charge >= 0.3 is 5.97 Å². The van der Waals surface area contributed by atoms with E-state index in [9.17, 15) is 4.79 Å². The number of aromatic nitrogens is 1. The van der Waals surface area contributed by atoms with Gasteiger partial charge in [0.25, 0.3) is 0 Å². The van der Waals surface area contributed by atoms with Gasteiger partial charge in [-0.2, -0.15) is 0 Å². The molecule has 0 bridgehead atoms. The van der Waals surface area contributed by atoms with Gasteiger partial charge < -0.3 is 9.72 Å². The fraction of sp³-hybridized carbons (Fsp3) is 0.400. The van der Waals surface area contributed by atoms with Crippen molar-refractivity contribution in [2.45, 2.75) is 25.4 Å². The Hall–Kier alpha value is -1.81. The number of H-pyrrole nitrogens is 1. The number of esters is 1. The van der Waals surface area contributed by atoms with Crippen LogP contribution in [0, 0.1) is 0 Å². The summed E-state index contributed by atoms with van der Waals surface area (Å²) in [6, 6.07) is 8.22. The van der Waals surface area contributed by atoms with Gasteiger partial charge in [-0.1, -0.05) is 18.2 Å². The largest absolute Gasteiger partial charge is 0.468 e. The van der Waals surface area contributed by atoms with E-state index in [1.54, 1.807) is 0 Å². The number of nitrogens with zero attached hydrogens (tertiary/aromatic N) is 1. The Balaban J connectivity index is 2.13. The molecule has 19 heavy (non-hydrogen) atoms. The van der Waals surface area contributed by atoms with E-state index in [2.05, 4.69) is 28.9 Å². The van der Waals surface area contributed by atoms with Crippen LogP contribution < -0.4 is 0 Å². The number of ether oxygens (including phenoxy) is 1. The zero-order valence-corrected chi connectivity index (χ0v) is 11.4. The molecule has 4 nitrogen and oxygen atoms in total. The topological polar surface area (TPSA) is 45.3 Å². The van der Waals surface area contributed by atoms with Crippen LogP contribution in [-0.4, -0.2) is 36.1 Å². The predicted octanol–water partition coefficient (Wildman–Crippen LogP) is 2.26. The molecule has 0 fully saturated rings. The molecule has 1 N–H and O–H groups in total. The summed E-state index contributed by atoms with van der Waals surface area (Å²) in [5, 5.41) is 1.21. The number of benzene rings is 1. The molecule has 0 saturated heterocycles. The number of likely N-dealkylation sites (N-methyl/N-ethyl adjacent to an activating group) is 1. The lowest BCUT2D eigenvalue weighted by Gasteiger charge is -2.36. The van der Waals surface area contributed by atoms with Crippen molar-refractivity contribution < 1.29 is 9.53 Å². The zero-order valence-electron chi connectivity index (χ0n) is 11.4.